The van der Waals surface area contributed by atoms with E-state index >= 15 is 0 Å². The molecule has 13 rings (SSSR count). The van der Waals surface area contributed by atoms with E-state index in [1.54, 1.807) is 0 Å². The van der Waals surface area contributed by atoms with Gasteiger partial charge in [-0.1, -0.05) is 143 Å². The molecule has 84 heavy (non-hydrogen) atoms. The van der Waals surface area contributed by atoms with Crippen molar-refractivity contribution in [3.05, 3.63) is 288 Å². The summed E-state index contributed by atoms with van der Waals surface area (Å²) in [6.07, 6.45) is 0. The number of hydrogen-bond acceptors (Lipinski definition) is 6. The number of pyridine rings is 6. The number of aromatic nitrogens is 12. The summed E-state index contributed by atoms with van der Waals surface area (Å²) in [5.41, 5.74) is 19.9. The zero-order chi connectivity index (χ0) is 57.3. The zero-order valence-corrected chi connectivity index (χ0v) is 47.6. The standard InChI is InChI=1S/C72H60N12/c1-49-25-37-55(38-26-49)79-61-13-7-15-63(73-61)80(56-39-27-50(2)28-40-56)65-17-9-19-67(75-65)82(58-43-31-52(4)32-44-58)69-21-11-23-71(77-69)84(60-47-35-54(6)36-48-60)72-24-12-22-70(78-72)83(59-45-33-53(5)34-46-59)68-20-10-18-66(76-68)81(57-41-29-51(3)30-42-57)64-16-8-14-62(79)74-64/h7-48H,1-6H3. The van der Waals surface area contributed by atoms with Crippen LogP contribution in [-0.4, -0.2) is 57.3 Å². The van der Waals surface area contributed by atoms with Crippen molar-refractivity contribution in [2.75, 3.05) is 0 Å². The summed E-state index contributed by atoms with van der Waals surface area (Å²) in [6, 6.07) is 87.4. The first kappa shape index (κ1) is 52.4. The molecule has 408 valence electrons. The minimum atomic E-state index is 0.648. The first-order valence-corrected chi connectivity index (χ1v) is 28.1. The molecule has 12 bridgehead atoms. The Morgan fingerprint density at radius 3 is 0.369 bits per heavy atom. The molecule has 12 heteroatoms. The van der Waals surface area contributed by atoms with Crippen LogP contribution in [0, 0.1) is 41.5 Å². The second-order valence-electron chi connectivity index (χ2n) is 21.1. The lowest BCUT2D eigenvalue weighted by Crippen LogP contribution is -2.07. The molecule has 0 fully saturated rings. The Labute approximate surface area is 486 Å². The van der Waals surface area contributed by atoms with Gasteiger partial charge in [-0.3, -0.25) is 27.4 Å². The van der Waals surface area contributed by atoms with Crippen molar-refractivity contribution in [3.63, 3.8) is 0 Å². The zero-order valence-electron chi connectivity index (χ0n) is 47.6. The molecule has 0 saturated carbocycles. The minimum Gasteiger partial charge on any atom is -0.279 e. The fourth-order valence-electron chi connectivity index (χ4n) is 10.4. The number of rotatable bonds is 6. The van der Waals surface area contributed by atoms with Crippen molar-refractivity contribution in [3.8, 4) is 34.1 Å². The van der Waals surface area contributed by atoms with Crippen LogP contribution in [0.2, 0.25) is 0 Å². The van der Waals surface area contributed by atoms with Crippen molar-refractivity contribution in [2.24, 2.45) is 0 Å². The van der Waals surface area contributed by atoms with Gasteiger partial charge >= 0.3 is 0 Å². The molecule has 0 atom stereocenters. The van der Waals surface area contributed by atoms with E-state index in [2.05, 4.69) is 215 Å². The Bertz CT molecular complexity index is 3960. The van der Waals surface area contributed by atoms with Crippen LogP contribution < -0.4 is 0 Å². The second-order valence-corrected chi connectivity index (χ2v) is 21.1. The largest absolute Gasteiger partial charge is 0.279 e. The van der Waals surface area contributed by atoms with Gasteiger partial charge in [0, 0.05) is 34.1 Å². The summed E-state index contributed by atoms with van der Waals surface area (Å²) in [5, 5.41) is 0. The highest BCUT2D eigenvalue weighted by Gasteiger charge is 2.13. The van der Waals surface area contributed by atoms with E-state index in [0.29, 0.717) is 67.8 Å². The fourth-order valence-corrected chi connectivity index (χ4v) is 10.4. The lowest BCUT2D eigenvalue weighted by atomic mass is 10.2. The Kier molecular flexibility index (Phi) is 14.0. The topological polar surface area (TPSA) is 107 Å². The lowest BCUT2D eigenvalue weighted by molar-refractivity contribution is 1.02. The van der Waals surface area contributed by atoms with Crippen LogP contribution in [0.15, 0.2) is 255 Å². The summed E-state index contributed by atoms with van der Waals surface area (Å²) >= 11 is 0. The third-order valence-electron chi connectivity index (χ3n) is 14.8. The molecule has 0 saturated heterocycles. The maximum atomic E-state index is 5.59. The Balaban J connectivity index is 1.28. The third kappa shape index (κ3) is 10.6. The maximum Gasteiger partial charge on any atom is 0.141 e. The number of nitrogens with zero attached hydrogens (tertiary/aromatic N) is 12. The van der Waals surface area contributed by atoms with Gasteiger partial charge in [-0.15, -0.1) is 0 Å². The summed E-state index contributed by atoms with van der Waals surface area (Å²) in [7, 11) is 0. The second kappa shape index (κ2) is 22.5. The van der Waals surface area contributed by atoms with Crippen molar-refractivity contribution in [1.29, 1.82) is 0 Å². The molecule has 12 nitrogen and oxygen atoms in total. The fraction of sp³-hybridized carbons (Fsp3) is 0.0833. The van der Waals surface area contributed by atoms with Gasteiger partial charge in [-0.25, -0.2) is 29.9 Å². The average Bonchev–Trinajstić information content (AvgIpc) is 2.99. The Morgan fingerprint density at radius 1 is 0.155 bits per heavy atom. The van der Waals surface area contributed by atoms with Crippen LogP contribution in [0.4, 0.5) is 0 Å². The molecule has 0 aliphatic heterocycles. The predicted octanol–water partition coefficient (Wildman–Crippen LogP) is 16.6. The van der Waals surface area contributed by atoms with Crippen LogP contribution in [0.1, 0.15) is 33.4 Å². The number of hydrogen-bond donors (Lipinski definition) is 0. The van der Waals surface area contributed by atoms with Gasteiger partial charge < -0.3 is 0 Å². The quantitative estimate of drug-likeness (QED) is 0.164. The summed E-state index contributed by atoms with van der Waals surface area (Å²) < 4.78 is 12.6. The first-order valence-electron chi connectivity index (χ1n) is 28.1. The third-order valence-corrected chi connectivity index (χ3v) is 14.8. The van der Waals surface area contributed by atoms with E-state index in [0.717, 1.165) is 67.5 Å². The van der Waals surface area contributed by atoms with Gasteiger partial charge in [0.2, 0.25) is 0 Å². The molecule has 7 heterocycles. The molecule has 0 radical (unpaired) electrons. The minimum absolute atomic E-state index is 0.648. The normalized spacial score (nSPS) is 11.2. The number of aryl methyl sites for hydroxylation is 6. The van der Waals surface area contributed by atoms with E-state index in [-0.39, 0.29) is 0 Å². The highest BCUT2D eigenvalue weighted by atomic mass is 15.2. The average molecular weight is 1090 g/mol. The molecule has 0 spiro atoms. The molecule has 0 aliphatic rings. The molecule has 6 aromatic carbocycles. The van der Waals surface area contributed by atoms with Crippen LogP contribution in [0.3, 0.4) is 0 Å². The van der Waals surface area contributed by atoms with Crippen molar-refractivity contribution in [2.45, 2.75) is 41.5 Å². The maximum absolute atomic E-state index is 5.59. The van der Waals surface area contributed by atoms with Gasteiger partial charge in [-0.05, 0) is 187 Å². The van der Waals surface area contributed by atoms with E-state index in [4.69, 9.17) is 29.9 Å². The SMILES string of the molecule is Cc1ccc(-n2c3cccc(n3)n(-c3ccc(C)cc3)c3cccc(n3)n(-c3ccc(C)cc3)c3cccc(n3)n(-c3ccc(C)cc3)c3cccc(n3)n(-c3ccc(C)cc3)c3cccc(n3)n(-c3ccc(C)cc3)c3cccc2n3)cc1. The molecular formula is C72H60N12. The molecule has 0 amide bonds. The Morgan fingerprint density at radius 2 is 0.262 bits per heavy atom. The summed E-state index contributed by atoms with van der Waals surface area (Å²) in [6.45, 7) is 12.6. The molecule has 0 N–H and O–H groups in total. The van der Waals surface area contributed by atoms with Crippen molar-refractivity contribution in [1.82, 2.24) is 57.3 Å². The first-order chi connectivity index (χ1) is 41.1. The van der Waals surface area contributed by atoms with Gasteiger partial charge in [0.1, 0.15) is 67.8 Å². The van der Waals surface area contributed by atoms with Crippen LogP contribution in [0.25, 0.3) is 102 Å². The molecule has 13 aromatic rings. The van der Waals surface area contributed by atoms with Gasteiger partial charge in [0.25, 0.3) is 0 Å². The predicted molar refractivity (Wildman–Crippen MR) is 342 cm³/mol. The molecule has 0 unspecified atom stereocenters. The Hall–Kier alpha value is -11.0. The highest BCUT2D eigenvalue weighted by molar-refractivity contribution is 5.71. The van der Waals surface area contributed by atoms with E-state index in [1.807, 2.05) is 109 Å². The van der Waals surface area contributed by atoms with Gasteiger partial charge in [0.05, 0.1) is 0 Å². The monoisotopic (exact) mass is 1090 g/mol. The lowest BCUT2D eigenvalue weighted by Gasteiger charge is -2.15. The van der Waals surface area contributed by atoms with Crippen LogP contribution >= 0.6 is 0 Å². The van der Waals surface area contributed by atoms with Gasteiger partial charge in [-0.2, -0.15) is 0 Å². The molecule has 0 aliphatic carbocycles. The van der Waals surface area contributed by atoms with E-state index in [9.17, 15) is 0 Å². The summed E-state index contributed by atoms with van der Waals surface area (Å²) in [5.74, 6) is 0. The highest BCUT2D eigenvalue weighted by Crippen LogP contribution is 2.26. The van der Waals surface area contributed by atoms with Crippen LogP contribution in [-0.2, 0) is 0 Å². The van der Waals surface area contributed by atoms with Crippen molar-refractivity contribution < 1.29 is 0 Å². The van der Waals surface area contributed by atoms with Crippen LogP contribution in [0.5, 0.6) is 0 Å². The van der Waals surface area contributed by atoms with E-state index < -0.39 is 0 Å². The smallest absolute Gasteiger partial charge is 0.141 e. The number of fused-ring (bicyclic) bond motifs is 12. The number of benzene rings is 6. The molecule has 7 aromatic heterocycles. The van der Waals surface area contributed by atoms with Gasteiger partial charge in [0.15, 0.2) is 0 Å². The molecular weight excluding hydrogens is 1030 g/mol. The van der Waals surface area contributed by atoms with E-state index in [1.165, 1.54) is 0 Å². The van der Waals surface area contributed by atoms with Crippen molar-refractivity contribution >= 4 is 67.8 Å². The summed E-state index contributed by atoms with van der Waals surface area (Å²) in [4.78, 5) is 33.5.